The van der Waals surface area contributed by atoms with E-state index in [1.165, 1.54) is 18.6 Å². The van der Waals surface area contributed by atoms with Crippen molar-refractivity contribution >= 4 is 5.69 Å². The first-order valence-electron chi connectivity index (χ1n) is 7.51. The maximum atomic E-state index is 12.9. The Balaban J connectivity index is 2.44. The van der Waals surface area contributed by atoms with Crippen LogP contribution < -0.4 is 10.6 Å². The smallest absolute Gasteiger partial charge is 0.123 e. The molecule has 1 aromatic carbocycles. The molecule has 0 aliphatic heterocycles. The molecule has 0 radical (unpaired) electrons. The van der Waals surface area contributed by atoms with Gasteiger partial charge in [0, 0.05) is 19.3 Å². The van der Waals surface area contributed by atoms with E-state index in [4.69, 9.17) is 5.73 Å². The zero-order chi connectivity index (χ0) is 15.2. The van der Waals surface area contributed by atoms with E-state index in [2.05, 4.69) is 32.7 Å². The Morgan fingerprint density at radius 2 is 1.75 bits per heavy atom. The molecule has 20 heavy (non-hydrogen) atoms. The highest BCUT2D eigenvalue weighted by molar-refractivity contribution is 5.45. The van der Waals surface area contributed by atoms with Crippen molar-refractivity contribution < 1.29 is 4.39 Å². The van der Waals surface area contributed by atoms with Gasteiger partial charge in [0.1, 0.15) is 5.82 Å². The fraction of sp³-hybridized carbons (Fsp3) is 0.647. The van der Waals surface area contributed by atoms with E-state index >= 15 is 0 Å². The Kier molecular flexibility index (Phi) is 6.47. The molecule has 0 aromatic heterocycles. The summed E-state index contributed by atoms with van der Waals surface area (Å²) in [5.41, 5.74) is 7.10. The fourth-order valence-electron chi connectivity index (χ4n) is 2.61. The second kappa shape index (κ2) is 7.63. The second-order valence-corrected chi connectivity index (χ2v) is 6.68. The average Bonchev–Trinajstić information content (AvgIpc) is 2.37. The number of nitrogens with zero attached hydrogens (tertiary/aromatic N) is 1. The van der Waals surface area contributed by atoms with E-state index < -0.39 is 0 Å². The van der Waals surface area contributed by atoms with Crippen LogP contribution in [-0.2, 0) is 0 Å². The molecule has 1 atom stereocenters. The van der Waals surface area contributed by atoms with Crippen LogP contribution in [0, 0.1) is 17.2 Å². The highest BCUT2D eigenvalue weighted by atomic mass is 19.1. The lowest BCUT2D eigenvalue weighted by atomic mass is 9.76. The number of nitrogens with two attached hydrogens (primary N) is 1. The van der Waals surface area contributed by atoms with E-state index in [-0.39, 0.29) is 5.82 Å². The molecule has 0 spiro atoms. The molecule has 0 bridgehead atoms. The molecule has 0 heterocycles. The molecule has 1 unspecified atom stereocenters. The molecule has 3 heteroatoms. The normalized spacial score (nSPS) is 13.3. The SMILES string of the molecule is CN(CCCC(CCN)C(C)(C)C)c1ccc(F)cc1. The second-order valence-electron chi connectivity index (χ2n) is 6.68. The molecule has 114 valence electrons. The molecule has 1 aromatic rings. The Labute approximate surface area is 123 Å². The molecule has 0 amide bonds. The standard InChI is InChI=1S/C17H29FN2/c1-17(2,3)14(11-12-19)6-5-13-20(4)16-9-7-15(18)8-10-16/h7-10,14H,5-6,11-13,19H2,1-4H3. The van der Waals surface area contributed by atoms with E-state index in [0.29, 0.717) is 11.3 Å². The van der Waals surface area contributed by atoms with E-state index in [0.717, 1.165) is 31.6 Å². The van der Waals surface area contributed by atoms with Crippen molar-refractivity contribution in [3.8, 4) is 0 Å². The first-order chi connectivity index (χ1) is 9.34. The van der Waals surface area contributed by atoms with Crippen LogP contribution in [0.3, 0.4) is 0 Å². The van der Waals surface area contributed by atoms with Crippen LogP contribution in [-0.4, -0.2) is 20.1 Å². The van der Waals surface area contributed by atoms with E-state index in [1.54, 1.807) is 0 Å². The lowest BCUT2D eigenvalue weighted by Gasteiger charge is -2.31. The average molecular weight is 280 g/mol. The molecular formula is C17H29FN2. The summed E-state index contributed by atoms with van der Waals surface area (Å²) in [7, 11) is 2.06. The van der Waals surface area contributed by atoms with Gasteiger partial charge in [-0.1, -0.05) is 20.8 Å². The van der Waals surface area contributed by atoms with Gasteiger partial charge in [-0.25, -0.2) is 4.39 Å². The van der Waals surface area contributed by atoms with Crippen LogP contribution in [0.4, 0.5) is 10.1 Å². The molecule has 2 nitrogen and oxygen atoms in total. The molecule has 0 aliphatic rings. The minimum absolute atomic E-state index is 0.183. The first kappa shape index (κ1) is 17.0. The molecule has 0 fully saturated rings. The maximum absolute atomic E-state index is 12.9. The minimum Gasteiger partial charge on any atom is -0.375 e. The van der Waals surface area contributed by atoms with Gasteiger partial charge in [0.2, 0.25) is 0 Å². The van der Waals surface area contributed by atoms with Crippen molar-refractivity contribution in [2.24, 2.45) is 17.1 Å². The Morgan fingerprint density at radius 3 is 2.25 bits per heavy atom. The zero-order valence-corrected chi connectivity index (χ0v) is 13.3. The number of hydrogen-bond acceptors (Lipinski definition) is 2. The summed E-state index contributed by atoms with van der Waals surface area (Å²) in [4.78, 5) is 2.18. The summed E-state index contributed by atoms with van der Waals surface area (Å²) in [6, 6.07) is 6.68. The number of benzene rings is 1. The van der Waals surface area contributed by atoms with Crippen LogP contribution in [0.15, 0.2) is 24.3 Å². The van der Waals surface area contributed by atoms with Crippen molar-refractivity contribution in [1.82, 2.24) is 0 Å². The summed E-state index contributed by atoms with van der Waals surface area (Å²) >= 11 is 0. The van der Waals surface area contributed by atoms with Crippen molar-refractivity contribution in [3.05, 3.63) is 30.1 Å². The quantitative estimate of drug-likeness (QED) is 0.816. The van der Waals surface area contributed by atoms with Crippen molar-refractivity contribution in [2.75, 3.05) is 25.0 Å². The summed E-state index contributed by atoms with van der Waals surface area (Å²) in [6.45, 7) is 8.61. The Hall–Kier alpha value is -1.09. The van der Waals surface area contributed by atoms with Crippen LogP contribution in [0.2, 0.25) is 0 Å². The number of hydrogen-bond donors (Lipinski definition) is 1. The van der Waals surface area contributed by atoms with E-state index in [1.807, 2.05) is 12.1 Å². The predicted octanol–water partition coefficient (Wildman–Crippen LogP) is 4.05. The highest BCUT2D eigenvalue weighted by Crippen LogP contribution is 2.32. The summed E-state index contributed by atoms with van der Waals surface area (Å²) in [5, 5.41) is 0. The predicted molar refractivity (Wildman–Crippen MR) is 85.5 cm³/mol. The molecule has 0 saturated carbocycles. The lowest BCUT2D eigenvalue weighted by Crippen LogP contribution is -2.25. The summed E-state index contributed by atoms with van der Waals surface area (Å²) < 4.78 is 12.9. The first-order valence-corrected chi connectivity index (χ1v) is 7.51. The van der Waals surface area contributed by atoms with Gasteiger partial charge in [0.05, 0.1) is 0 Å². The summed E-state index contributed by atoms with van der Waals surface area (Å²) in [5.74, 6) is 0.479. The number of rotatable bonds is 7. The number of anilines is 1. The van der Waals surface area contributed by atoms with Gasteiger partial charge in [-0.05, 0) is 61.4 Å². The Bertz CT molecular complexity index is 381. The largest absolute Gasteiger partial charge is 0.375 e. The van der Waals surface area contributed by atoms with Gasteiger partial charge in [0.15, 0.2) is 0 Å². The topological polar surface area (TPSA) is 29.3 Å². The van der Waals surface area contributed by atoms with Crippen molar-refractivity contribution in [1.29, 1.82) is 0 Å². The van der Waals surface area contributed by atoms with Gasteiger partial charge in [-0.2, -0.15) is 0 Å². The lowest BCUT2D eigenvalue weighted by molar-refractivity contribution is 0.211. The molecule has 0 saturated heterocycles. The highest BCUT2D eigenvalue weighted by Gasteiger charge is 2.23. The van der Waals surface area contributed by atoms with Crippen LogP contribution in [0.1, 0.15) is 40.0 Å². The van der Waals surface area contributed by atoms with Gasteiger partial charge >= 0.3 is 0 Å². The van der Waals surface area contributed by atoms with Gasteiger partial charge in [-0.15, -0.1) is 0 Å². The summed E-state index contributed by atoms with van der Waals surface area (Å²) in [6.07, 6.45) is 3.41. The third kappa shape index (κ3) is 5.49. The third-order valence-electron chi connectivity index (χ3n) is 4.05. The number of halogens is 1. The van der Waals surface area contributed by atoms with Crippen molar-refractivity contribution in [2.45, 2.75) is 40.0 Å². The third-order valence-corrected chi connectivity index (χ3v) is 4.05. The van der Waals surface area contributed by atoms with Gasteiger partial charge in [0.25, 0.3) is 0 Å². The molecule has 1 rings (SSSR count). The Morgan fingerprint density at radius 1 is 1.15 bits per heavy atom. The molecule has 2 N–H and O–H groups in total. The van der Waals surface area contributed by atoms with Gasteiger partial charge in [-0.3, -0.25) is 0 Å². The van der Waals surface area contributed by atoms with Crippen LogP contribution >= 0.6 is 0 Å². The van der Waals surface area contributed by atoms with Crippen molar-refractivity contribution in [3.63, 3.8) is 0 Å². The molecule has 0 aliphatic carbocycles. The minimum atomic E-state index is -0.183. The molecular weight excluding hydrogens is 251 g/mol. The van der Waals surface area contributed by atoms with Crippen LogP contribution in [0.5, 0.6) is 0 Å². The maximum Gasteiger partial charge on any atom is 0.123 e. The van der Waals surface area contributed by atoms with Gasteiger partial charge < -0.3 is 10.6 Å². The fourth-order valence-corrected chi connectivity index (χ4v) is 2.61. The van der Waals surface area contributed by atoms with Crippen LogP contribution in [0.25, 0.3) is 0 Å². The zero-order valence-electron chi connectivity index (χ0n) is 13.3. The van der Waals surface area contributed by atoms with E-state index in [9.17, 15) is 4.39 Å². The monoisotopic (exact) mass is 280 g/mol.